The predicted octanol–water partition coefficient (Wildman–Crippen LogP) is 0.730. The van der Waals surface area contributed by atoms with Crippen LogP contribution >= 0.6 is 0 Å². The Kier molecular flexibility index (Phi) is 9.42. The summed E-state index contributed by atoms with van der Waals surface area (Å²) in [5, 5.41) is 3.32. The van der Waals surface area contributed by atoms with E-state index in [0.29, 0.717) is 0 Å². The first-order valence-electron chi connectivity index (χ1n) is 4.80. The van der Waals surface area contributed by atoms with Crippen molar-refractivity contribution in [1.82, 2.24) is 10.2 Å². The Labute approximate surface area is 81.8 Å². The topological polar surface area (TPSA) is 24.5 Å². The van der Waals surface area contributed by atoms with Crippen molar-refractivity contribution in [2.24, 2.45) is 0 Å². The second-order valence-electron chi connectivity index (χ2n) is 3.07. The quantitative estimate of drug-likeness (QED) is 0.447. The van der Waals surface area contributed by atoms with E-state index in [1.165, 1.54) is 0 Å². The fourth-order valence-corrected chi connectivity index (χ4v) is 0.932. The van der Waals surface area contributed by atoms with Gasteiger partial charge in [0.2, 0.25) is 0 Å². The minimum atomic E-state index is 0.811. The third kappa shape index (κ3) is 9.53. The van der Waals surface area contributed by atoms with Crippen LogP contribution in [0.25, 0.3) is 0 Å². The summed E-state index contributed by atoms with van der Waals surface area (Å²) in [4.78, 5) is 2.26. The Hall–Kier alpha value is -0.380. The van der Waals surface area contributed by atoms with Gasteiger partial charge in [-0.05, 0) is 14.0 Å². The van der Waals surface area contributed by atoms with Gasteiger partial charge in [-0.2, -0.15) is 0 Å². The van der Waals surface area contributed by atoms with E-state index >= 15 is 0 Å². The molecule has 0 aromatic rings. The largest absolute Gasteiger partial charge is 0.383 e. The highest BCUT2D eigenvalue weighted by Crippen LogP contribution is 1.80. The zero-order valence-electron chi connectivity index (χ0n) is 9.05. The molecule has 0 unspecified atom stereocenters. The summed E-state index contributed by atoms with van der Waals surface area (Å²) in [5.74, 6) is 0. The molecule has 0 aromatic heterocycles. The number of nitrogens with zero attached hydrogens (tertiary/aromatic N) is 1. The number of hydrogen-bond donors (Lipinski definition) is 1. The van der Waals surface area contributed by atoms with Gasteiger partial charge in [0, 0.05) is 33.3 Å². The van der Waals surface area contributed by atoms with Crippen LogP contribution in [0.1, 0.15) is 6.92 Å². The van der Waals surface area contributed by atoms with Gasteiger partial charge in [0.1, 0.15) is 0 Å². The van der Waals surface area contributed by atoms with Gasteiger partial charge in [-0.1, -0.05) is 12.2 Å². The first-order chi connectivity index (χ1) is 6.31. The minimum Gasteiger partial charge on any atom is -0.383 e. The Balaban J connectivity index is 3.11. The van der Waals surface area contributed by atoms with E-state index in [-0.39, 0.29) is 0 Å². The number of nitrogens with one attached hydrogen (secondary N) is 1. The van der Waals surface area contributed by atoms with E-state index in [9.17, 15) is 0 Å². The molecular weight excluding hydrogens is 164 g/mol. The monoisotopic (exact) mass is 186 g/mol. The van der Waals surface area contributed by atoms with Crippen molar-refractivity contribution in [2.75, 3.05) is 46.9 Å². The van der Waals surface area contributed by atoms with E-state index in [2.05, 4.69) is 29.4 Å². The van der Waals surface area contributed by atoms with Crippen LogP contribution in [0.5, 0.6) is 0 Å². The number of hydrogen-bond acceptors (Lipinski definition) is 3. The van der Waals surface area contributed by atoms with Crippen molar-refractivity contribution < 1.29 is 4.74 Å². The first kappa shape index (κ1) is 12.6. The SMILES string of the molecule is C/C=C/CNCCN(C)CCOC. The molecule has 13 heavy (non-hydrogen) atoms. The molecular formula is C10H22N2O. The molecule has 0 amide bonds. The Morgan fingerprint density at radius 3 is 2.77 bits per heavy atom. The molecule has 0 fully saturated rings. The molecule has 3 heteroatoms. The van der Waals surface area contributed by atoms with Crippen molar-refractivity contribution in [2.45, 2.75) is 6.92 Å². The number of likely N-dealkylation sites (N-methyl/N-ethyl adjacent to an activating group) is 1. The second kappa shape index (κ2) is 9.71. The highest BCUT2D eigenvalue weighted by Gasteiger charge is 1.95. The van der Waals surface area contributed by atoms with Gasteiger partial charge in [0.15, 0.2) is 0 Å². The Morgan fingerprint density at radius 2 is 2.15 bits per heavy atom. The number of methoxy groups -OCH3 is 1. The van der Waals surface area contributed by atoms with Crippen LogP contribution in [0, 0.1) is 0 Å². The van der Waals surface area contributed by atoms with Crippen LogP contribution < -0.4 is 5.32 Å². The fourth-order valence-electron chi connectivity index (χ4n) is 0.932. The summed E-state index contributed by atoms with van der Waals surface area (Å²) in [7, 11) is 3.84. The molecule has 3 nitrogen and oxygen atoms in total. The maximum Gasteiger partial charge on any atom is 0.0589 e. The third-order valence-electron chi connectivity index (χ3n) is 1.85. The van der Waals surface area contributed by atoms with Crippen molar-refractivity contribution in [3.8, 4) is 0 Å². The van der Waals surface area contributed by atoms with Crippen LogP contribution in [-0.2, 0) is 4.74 Å². The lowest BCUT2D eigenvalue weighted by Crippen LogP contribution is -2.31. The van der Waals surface area contributed by atoms with E-state index in [0.717, 1.165) is 32.8 Å². The van der Waals surface area contributed by atoms with Crippen LogP contribution in [0.4, 0.5) is 0 Å². The number of allylic oxidation sites excluding steroid dienone is 1. The molecule has 0 spiro atoms. The molecule has 0 radical (unpaired) electrons. The van der Waals surface area contributed by atoms with Gasteiger partial charge in [0.25, 0.3) is 0 Å². The molecule has 0 aliphatic carbocycles. The summed E-state index contributed by atoms with van der Waals surface area (Å²) in [5.41, 5.74) is 0. The van der Waals surface area contributed by atoms with Crippen LogP contribution in [0.15, 0.2) is 12.2 Å². The highest BCUT2D eigenvalue weighted by molar-refractivity contribution is 4.79. The van der Waals surface area contributed by atoms with Crippen molar-refractivity contribution in [3.05, 3.63) is 12.2 Å². The minimum absolute atomic E-state index is 0.811. The average Bonchev–Trinajstić information content (AvgIpc) is 2.14. The fraction of sp³-hybridized carbons (Fsp3) is 0.800. The zero-order chi connectivity index (χ0) is 9.94. The summed E-state index contributed by atoms with van der Waals surface area (Å²) in [6, 6.07) is 0. The molecule has 78 valence electrons. The maximum atomic E-state index is 4.98. The second-order valence-corrected chi connectivity index (χ2v) is 3.07. The number of rotatable bonds is 8. The maximum absolute atomic E-state index is 4.98. The lowest BCUT2D eigenvalue weighted by Gasteiger charge is -2.15. The molecule has 0 aromatic carbocycles. The Morgan fingerprint density at radius 1 is 1.38 bits per heavy atom. The van der Waals surface area contributed by atoms with Crippen LogP contribution in [0.3, 0.4) is 0 Å². The molecule has 0 saturated carbocycles. The van der Waals surface area contributed by atoms with Crippen LogP contribution in [0.2, 0.25) is 0 Å². The Bertz CT molecular complexity index is 126. The molecule has 0 heterocycles. The molecule has 0 aliphatic heterocycles. The standard InChI is InChI=1S/C10H22N2O/c1-4-5-6-11-7-8-12(2)9-10-13-3/h4-5,11H,6-10H2,1-3H3/b5-4+. The number of ether oxygens (including phenoxy) is 1. The summed E-state index contributed by atoms with van der Waals surface area (Å²) in [6.45, 7) is 6.92. The molecule has 0 atom stereocenters. The van der Waals surface area contributed by atoms with Crippen LogP contribution in [-0.4, -0.2) is 51.8 Å². The third-order valence-corrected chi connectivity index (χ3v) is 1.85. The first-order valence-corrected chi connectivity index (χ1v) is 4.80. The van der Waals surface area contributed by atoms with Gasteiger partial charge in [-0.15, -0.1) is 0 Å². The molecule has 0 bridgehead atoms. The molecule has 0 aliphatic rings. The normalized spacial score (nSPS) is 11.7. The lowest BCUT2D eigenvalue weighted by molar-refractivity contribution is 0.161. The molecule has 0 saturated heterocycles. The predicted molar refractivity (Wildman–Crippen MR) is 57.1 cm³/mol. The summed E-state index contributed by atoms with van der Waals surface area (Å²) < 4.78 is 4.98. The summed E-state index contributed by atoms with van der Waals surface area (Å²) in [6.07, 6.45) is 4.18. The smallest absolute Gasteiger partial charge is 0.0589 e. The summed E-state index contributed by atoms with van der Waals surface area (Å²) >= 11 is 0. The van der Waals surface area contributed by atoms with Crippen molar-refractivity contribution in [1.29, 1.82) is 0 Å². The van der Waals surface area contributed by atoms with Gasteiger partial charge >= 0.3 is 0 Å². The molecule has 1 N–H and O–H groups in total. The van der Waals surface area contributed by atoms with E-state index in [1.807, 2.05) is 6.92 Å². The van der Waals surface area contributed by atoms with Gasteiger partial charge in [-0.3, -0.25) is 0 Å². The van der Waals surface area contributed by atoms with E-state index < -0.39 is 0 Å². The highest BCUT2D eigenvalue weighted by atomic mass is 16.5. The molecule has 0 rings (SSSR count). The van der Waals surface area contributed by atoms with Gasteiger partial charge in [-0.25, -0.2) is 0 Å². The van der Waals surface area contributed by atoms with Crippen molar-refractivity contribution >= 4 is 0 Å². The van der Waals surface area contributed by atoms with Gasteiger partial charge < -0.3 is 15.0 Å². The van der Waals surface area contributed by atoms with E-state index in [1.54, 1.807) is 7.11 Å². The van der Waals surface area contributed by atoms with Crippen molar-refractivity contribution in [3.63, 3.8) is 0 Å². The van der Waals surface area contributed by atoms with Gasteiger partial charge in [0.05, 0.1) is 6.61 Å². The lowest BCUT2D eigenvalue weighted by atomic mass is 10.4. The zero-order valence-corrected chi connectivity index (χ0v) is 9.05. The average molecular weight is 186 g/mol. The van der Waals surface area contributed by atoms with E-state index in [4.69, 9.17) is 4.74 Å².